The van der Waals surface area contributed by atoms with Crippen LogP contribution in [0.3, 0.4) is 0 Å². The molecule has 4 nitrogen and oxygen atoms in total. The molecule has 0 bridgehead atoms. The van der Waals surface area contributed by atoms with E-state index in [1.807, 2.05) is 0 Å². The maximum Gasteiger partial charge on any atom is 0.0920 e. The van der Waals surface area contributed by atoms with E-state index in [1.165, 1.54) is 12.8 Å². The van der Waals surface area contributed by atoms with Crippen molar-refractivity contribution >= 4 is 0 Å². The van der Waals surface area contributed by atoms with Crippen LogP contribution in [0.1, 0.15) is 26.7 Å². The fourth-order valence-electron chi connectivity index (χ4n) is 1.09. The first-order valence-corrected chi connectivity index (χ1v) is 5.79. The van der Waals surface area contributed by atoms with Gasteiger partial charge in [0.25, 0.3) is 0 Å². The van der Waals surface area contributed by atoms with E-state index in [2.05, 4.69) is 19.3 Å². The highest BCUT2D eigenvalue weighted by Gasteiger charge is 2.21. The first-order valence-electron chi connectivity index (χ1n) is 5.79. The van der Waals surface area contributed by atoms with Gasteiger partial charge in [-0.2, -0.15) is 5.48 Å². The maximum absolute atomic E-state index is 9.48. The van der Waals surface area contributed by atoms with Gasteiger partial charge in [-0.25, -0.2) is 0 Å². The van der Waals surface area contributed by atoms with Crippen molar-refractivity contribution in [3.05, 3.63) is 0 Å². The molecule has 1 unspecified atom stereocenters. The number of ether oxygens (including phenoxy) is 1. The molecule has 2 N–H and O–H groups in total. The van der Waals surface area contributed by atoms with Crippen LogP contribution in [0.5, 0.6) is 0 Å². The van der Waals surface area contributed by atoms with Crippen LogP contribution in [-0.2, 0) is 9.57 Å². The van der Waals surface area contributed by atoms with Gasteiger partial charge in [0.1, 0.15) is 0 Å². The van der Waals surface area contributed by atoms with Crippen molar-refractivity contribution < 1.29 is 14.7 Å². The topological polar surface area (TPSA) is 50.7 Å². The van der Waals surface area contributed by atoms with Crippen LogP contribution in [-0.4, -0.2) is 37.6 Å². The van der Waals surface area contributed by atoms with E-state index >= 15 is 0 Å². The summed E-state index contributed by atoms with van der Waals surface area (Å²) in [6, 6.07) is 0. The van der Waals surface area contributed by atoms with Crippen molar-refractivity contribution in [3.8, 4) is 0 Å². The Hall–Kier alpha value is -0.160. The smallest absolute Gasteiger partial charge is 0.0920 e. The molecular formula is C11H23NO3. The Balaban J connectivity index is 1.81. The lowest BCUT2D eigenvalue weighted by molar-refractivity contribution is -0.0238. The van der Waals surface area contributed by atoms with Gasteiger partial charge in [0, 0.05) is 13.2 Å². The largest absolute Gasteiger partial charge is 0.389 e. The Labute approximate surface area is 91.9 Å². The lowest BCUT2D eigenvalue weighted by Crippen LogP contribution is -2.31. The summed E-state index contributed by atoms with van der Waals surface area (Å²) >= 11 is 0. The zero-order chi connectivity index (χ0) is 11.1. The third-order valence-electron chi connectivity index (χ3n) is 2.20. The normalized spacial score (nSPS) is 18.4. The molecule has 1 atom stereocenters. The predicted octanol–water partition coefficient (Wildman–Crippen LogP) is 0.951. The number of nitrogens with one attached hydrogen (secondary N) is 1. The summed E-state index contributed by atoms with van der Waals surface area (Å²) in [4.78, 5) is 5.14. The predicted molar refractivity (Wildman–Crippen MR) is 58.3 cm³/mol. The lowest BCUT2D eigenvalue weighted by Gasteiger charge is -2.13. The highest BCUT2D eigenvalue weighted by atomic mass is 16.6. The quantitative estimate of drug-likeness (QED) is 0.446. The molecule has 1 fully saturated rings. The van der Waals surface area contributed by atoms with Gasteiger partial charge in [-0.05, 0) is 24.7 Å². The van der Waals surface area contributed by atoms with Gasteiger partial charge < -0.3 is 14.7 Å². The van der Waals surface area contributed by atoms with Crippen LogP contribution < -0.4 is 5.48 Å². The Morgan fingerprint density at radius 2 is 2.07 bits per heavy atom. The summed E-state index contributed by atoms with van der Waals surface area (Å²) < 4.78 is 5.35. The van der Waals surface area contributed by atoms with Crippen LogP contribution >= 0.6 is 0 Å². The molecule has 0 heterocycles. The SMILES string of the molecule is CC(C)CONCC(O)COCC1CC1. The molecule has 1 aliphatic carbocycles. The van der Waals surface area contributed by atoms with Crippen LogP contribution in [0.15, 0.2) is 0 Å². The summed E-state index contributed by atoms with van der Waals surface area (Å²) in [6.45, 7) is 6.44. The number of hydrogen-bond acceptors (Lipinski definition) is 4. The molecule has 1 aliphatic rings. The summed E-state index contributed by atoms with van der Waals surface area (Å²) in [7, 11) is 0. The van der Waals surface area contributed by atoms with Gasteiger partial charge in [-0.1, -0.05) is 13.8 Å². The van der Waals surface area contributed by atoms with Gasteiger partial charge in [0.05, 0.1) is 19.3 Å². The van der Waals surface area contributed by atoms with E-state index in [0.29, 0.717) is 25.7 Å². The minimum Gasteiger partial charge on any atom is -0.389 e. The molecule has 0 radical (unpaired) electrons. The third-order valence-corrected chi connectivity index (χ3v) is 2.20. The molecular weight excluding hydrogens is 194 g/mol. The second-order valence-corrected chi connectivity index (χ2v) is 4.69. The molecule has 1 rings (SSSR count). The maximum atomic E-state index is 9.48. The Morgan fingerprint density at radius 1 is 1.33 bits per heavy atom. The summed E-state index contributed by atoms with van der Waals surface area (Å²) in [6.07, 6.45) is 2.09. The molecule has 1 saturated carbocycles. The fourth-order valence-corrected chi connectivity index (χ4v) is 1.09. The summed E-state index contributed by atoms with van der Waals surface area (Å²) in [5.74, 6) is 1.25. The lowest BCUT2D eigenvalue weighted by atomic mass is 10.2. The van der Waals surface area contributed by atoms with Crippen molar-refractivity contribution in [2.75, 3.05) is 26.4 Å². The zero-order valence-electron chi connectivity index (χ0n) is 9.74. The molecule has 0 spiro atoms. The average Bonchev–Trinajstić information content (AvgIpc) is 2.96. The molecule has 90 valence electrons. The van der Waals surface area contributed by atoms with Crippen LogP contribution in [0.25, 0.3) is 0 Å². The third kappa shape index (κ3) is 7.73. The average molecular weight is 217 g/mol. The van der Waals surface area contributed by atoms with Gasteiger partial charge in [-0.15, -0.1) is 0 Å². The molecule has 0 aromatic rings. The second kappa shape index (κ2) is 7.17. The van der Waals surface area contributed by atoms with Crippen molar-refractivity contribution in [2.45, 2.75) is 32.8 Å². The summed E-state index contributed by atoms with van der Waals surface area (Å²) in [5.41, 5.74) is 2.74. The molecule has 0 aliphatic heterocycles. The number of hydrogen-bond donors (Lipinski definition) is 2. The number of aliphatic hydroxyl groups is 1. The fraction of sp³-hybridized carbons (Fsp3) is 1.00. The van der Waals surface area contributed by atoms with Gasteiger partial charge >= 0.3 is 0 Å². The number of aliphatic hydroxyl groups excluding tert-OH is 1. The van der Waals surface area contributed by atoms with Gasteiger partial charge in [0.15, 0.2) is 0 Å². The van der Waals surface area contributed by atoms with Gasteiger partial charge in [0.2, 0.25) is 0 Å². The van der Waals surface area contributed by atoms with E-state index in [0.717, 1.165) is 12.5 Å². The standard InChI is InChI=1S/C11H23NO3/c1-9(2)6-15-12-5-11(13)8-14-7-10-3-4-10/h9-13H,3-8H2,1-2H3. The minimum absolute atomic E-state index is 0.397. The number of hydroxylamine groups is 1. The van der Waals surface area contributed by atoms with Crippen molar-refractivity contribution in [2.24, 2.45) is 11.8 Å². The number of rotatable bonds is 9. The Morgan fingerprint density at radius 3 is 2.67 bits per heavy atom. The first-order chi connectivity index (χ1) is 7.18. The summed E-state index contributed by atoms with van der Waals surface area (Å²) in [5, 5.41) is 9.48. The molecule has 0 amide bonds. The Bertz CT molecular complexity index is 160. The minimum atomic E-state index is -0.476. The van der Waals surface area contributed by atoms with E-state index in [1.54, 1.807) is 0 Å². The van der Waals surface area contributed by atoms with Crippen LogP contribution in [0, 0.1) is 11.8 Å². The highest BCUT2D eigenvalue weighted by Crippen LogP contribution is 2.28. The highest BCUT2D eigenvalue weighted by molar-refractivity contribution is 4.72. The zero-order valence-corrected chi connectivity index (χ0v) is 9.74. The molecule has 4 heteroatoms. The van der Waals surface area contributed by atoms with E-state index in [4.69, 9.17) is 9.57 Å². The monoisotopic (exact) mass is 217 g/mol. The van der Waals surface area contributed by atoms with Gasteiger partial charge in [-0.3, -0.25) is 0 Å². The van der Waals surface area contributed by atoms with Crippen molar-refractivity contribution in [1.29, 1.82) is 0 Å². The van der Waals surface area contributed by atoms with E-state index < -0.39 is 6.10 Å². The first kappa shape index (κ1) is 12.9. The van der Waals surface area contributed by atoms with Crippen molar-refractivity contribution in [3.63, 3.8) is 0 Å². The Kier molecular flexibility index (Phi) is 6.17. The molecule has 15 heavy (non-hydrogen) atoms. The molecule has 0 saturated heterocycles. The van der Waals surface area contributed by atoms with Crippen molar-refractivity contribution in [1.82, 2.24) is 5.48 Å². The van der Waals surface area contributed by atoms with Crippen LogP contribution in [0.2, 0.25) is 0 Å². The molecule has 0 aromatic heterocycles. The second-order valence-electron chi connectivity index (χ2n) is 4.69. The molecule has 0 aromatic carbocycles. The van der Waals surface area contributed by atoms with E-state index in [9.17, 15) is 5.11 Å². The van der Waals surface area contributed by atoms with Crippen LogP contribution in [0.4, 0.5) is 0 Å². The van der Waals surface area contributed by atoms with E-state index in [-0.39, 0.29) is 0 Å².